The first-order valence-corrected chi connectivity index (χ1v) is 34.6. The molecule has 0 atom stereocenters. The summed E-state index contributed by atoms with van der Waals surface area (Å²) in [5, 5.41) is 0. The summed E-state index contributed by atoms with van der Waals surface area (Å²) in [6.45, 7) is 37.3. The first-order valence-electron chi connectivity index (χ1n) is 34.6. The van der Waals surface area contributed by atoms with Crippen molar-refractivity contribution in [1.29, 1.82) is 0 Å². The third-order valence-corrected chi connectivity index (χ3v) is 19.3. The first-order chi connectivity index (χ1) is 42.0. The summed E-state index contributed by atoms with van der Waals surface area (Å²) in [7, 11) is 21.6. The molecule has 0 aromatic heterocycles. The minimum Gasteiger partial charge on any atom is -0.309 e. The van der Waals surface area contributed by atoms with Gasteiger partial charge in [-0.15, -0.1) is 0 Å². The molecule has 6 aromatic carbocycles. The number of nitrogens with zero attached hydrogens (tertiary/aromatic N) is 5. The number of hydrogen-bond donors (Lipinski definition) is 0. The summed E-state index contributed by atoms with van der Waals surface area (Å²) in [6, 6.07) is 59.7. The van der Waals surface area contributed by atoms with Crippen LogP contribution in [0.3, 0.4) is 0 Å². The van der Waals surface area contributed by atoms with Gasteiger partial charge in [-0.05, 0) is 188 Å². The zero-order chi connectivity index (χ0) is 66.9. The van der Waals surface area contributed by atoms with Gasteiger partial charge in [0.05, 0.1) is 0 Å². The Morgan fingerprint density at radius 1 is 0.315 bits per heavy atom. The van der Waals surface area contributed by atoms with E-state index in [2.05, 4.69) is 356 Å². The maximum Gasteiger partial charge on any atom is 0.00800 e. The van der Waals surface area contributed by atoms with Gasteiger partial charge in [-0.25, -0.2) is 0 Å². The fourth-order valence-corrected chi connectivity index (χ4v) is 14.0. The number of aryl methyl sites for hydroxylation is 3. The highest BCUT2D eigenvalue weighted by Gasteiger charge is 2.36. The van der Waals surface area contributed by atoms with Crippen molar-refractivity contribution >= 4 is 0 Å². The van der Waals surface area contributed by atoms with Gasteiger partial charge in [0.1, 0.15) is 0 Å². The van der Waals surface area contributed by atoms with Crippen LogP contribution in [0.1, 0.15) is 210 Å². The lowest BCUT2D eigenvalue weighted by Crippen LogP contribution is -2.37. The summed E-state index contributed by atoms with van der Waals surface area (Å²) >= 11 is 0. The van der Waals surface area contributed by atoms with Crippen LogP contribution >= 0.6 is 0 Å². The van der Waals surface area contributed by atoms with E-state index in [4.69, 9.17) is 0 Å². The van der Waals surface area contributed by atoms with E-state index in [9.17, 15) is 0 Å². The molecule has 0 heterocycles. The molecular weight excluding hydrogens is 1080 g/mol. The Balaban J connectivity index is 0.000000366. The average Bonchev–Trinajstić information content (AvgIpc) is 2.68. The molecule has 0 spiro atoms. The molecule has 5 nitrogen and oxygen atoms in total. The fourth-order valence-electron chi connectivity index (χ4n) is 14.0. The second-order valence-corrected chi connectivity index (χ2v) is 29.2. The van der Waals surface area contributed by atoms with Gasteiger partial charge in [0.2, 0.25) is 0 Å². The molecule has 0 unspecified atom stereocenters. The van der Waals surface area contributed by atoms with Crippen LogP contribution in [0.5, 0.6) is 0 Å². The molecule has 0 amide bonds. The van der Waals surface area contributed by atoms with Gasteiger partial charge in [-0.1, -0.05) is 282 Å². The highest BCUT2D eigenvalue weighted by atomic mass is 15.1. The highest BCUT2D eigenvalue weighted by Crippen LogP contribution is 2.42. The van der Waals surface area contributed by atoms with Crippen LogP contribution in [0.2, 0.25) is 0 Å². The summed E-state index contributed by atoms with van der Waals surface area (Å²) < 4.78 is 0. The van der Waals surface area contributed by atoms with Crippen molar-refractivity contribution in [2.75, 3.05) is 103 Å². The molecule has 0 saturated heterocycles. The minimum absolute atomic E-state index is 0.233. The van der Waals surface area contributed by atoms with Crippen LogP contribution in [0.4, 0.5) is 0 Å². The second-order valence-electron chi connectivity index (χ2n) is 29.2. The van der Waals surface area contributed by atoms with E-state index in [0.29, 0.717) is 27.1 Å². The molecule has 496 valence electrons. The zero-order valence-electron chi connectivity index (χ0n) is 62.1. The van der Waals surface area contributed by atoms with Crippen molar-refractivity contribution < 1.29 is 0 Å². The molecule has 0 bridgehead atoms. The topological polar surface area (TPSA) is 16.2 Å². The van der Waals surface area contributed by atoms with E-state index in [1.807, 2.05) is 0 Å². The van der Waals surface area contributed by atoms with Crippen LogP contribution in [-0.2, 0) is 32.5 Å². The molecule has 0 radical (unpaired) electrons. The zero-order valence-corrected chi connectivity index (χ0v) is 62.1. The van der Waals surface area contributed by atoms with Gasteiger partial charge in [0, 0.05) is 59.8 Å². The number of benzene rings is 6. The van der Waals surface area contributed by atoms with Gasteiger partial charge in [-0.3, -0.25) is 0 Å². The molecule has 0 aliphatic heterocycles. The van der Waals surface area contributed by atoms with Crippen LogP contribution in [0.15, 0.2) is 164 Å². The molecule has 0 N–H and O–H groups in total. The fraction of sp³-hybridized carbons (Fsp3) is 0.571. The SMILES string of the molecule is CCC(C)(C)c1ccccc1.CCC(CC)(CN(C)C)c1ccc(C)cc1.CCC(CC)(CN(C)C)c1ccccc1.CCCC(CCC)(CN(C)C)c1ccccc1.Cc1ccc(C(C)(C)CN(C)C)cc1.Cc1ccc(C2(CN(C)C)CCCC2)cc1. The normalized spacial score (nSPS) is 13.3. The minimum atomic E-state index is 0.233. The Bertz CT molecular complexity index is 2630. The van der Waals surface area contributed by atoms with E-state index < -0.39 is 0 Å². The van der Waals surface area contributed by atoms with Crippen molar-refractivity contribution in [2.24, 2.45) is 0 Å². The Kier molecular flexibility index (Phi) is 36.2. The van der Waals surface area contributed by atoms with E-state index in [1.165, 1.54) is 135 Å². The average molecular weight is 1220 g/mol. The van der Waals surface area contributed by atoms with Crippen LogP contribution in [0, 0.1) is 20.8 Å². The number of hydrogen-bond acceptors (Lipinski definition) is 5. The number of likely N-dealkylation sites (N-methyl/N-ethyl adjacent to an activating group) is 5. The van der Waals surface area contributed by atoms with Crippen molar-refractivity contribution in [3.63, 3.8) is 0 Å². The molecule has 1 saturated carbocycles. The summed E-state index contributed by atoms with van der Waals surface area (Å²) in [5.41, 5.74) is 14.9. The lowest BCUT2D eigenvalue weighted by molar-refractivity contribution is 0.247. The standard InChI is InChI=1S/C16H27N.C15H23N.C15H25N.C14H23N.C13H21N.C11H16/c1-5-12-16(13-6-2,14-17(3)4)15-10-8-7-9-11-15;1-13-6-8-14(9-7-13)15(12-16(2)3)10-4-5-11-15;1-6-15(7-2,12-16(4)5)14-10-8-13(3)9-11-14;1-5-14(6-2,12-15(3)4)13-10-8-7-9-11-13;1-11-6-8-12(9-7-11)13(2,3)10-14(4)5;1-4-11(2,3)10-8-6-5-7-9-10/h7-11H,5-6,12-14H2,1-4H3;6-9H,4-5,10-12H2,1-3H3;8-11H,6-7,12H2,1-5H3;7-11H,5-6,12H2,1-4H3;6-9H,10H2,1-5H3;5-9H,4H2,1-3H3. The Labute approximate surface area is 551 Å². The quantitative estimate of drug-likeness (QED) is 0.0566. The largest absolute Gasteiger partial charge is 0.309 e. The van der Waals surface area contributed by atoms with Gasteiger partial charge < -0.3 is 24.5 Å². The maximum absolute atomic E-state index is 2.34. The predicted octanol–water partition coefficient (Wildman–Crippen LogP) is 20.6. The van der Waals surface area contributed by atoms with E-state index >= 15 is 0 Å². The van der Waals surface area contributed by atoms with E-state index in [0.717, 1.165) is 26.2 Å². The second kappa shape index (κ2) is 40.2. The molecular formula is C84H135N5. The molecule has 1 aliphatic carbocycles. The molecule has 1 aliphatic rings. The predicted molar refractivity (Wildman–Crippen MR) is 398 cm³/mol. The monoisotopic (exact) mass is 1210 g/mol. The van der Waals surface area contributed by atoms with Gasteiger partial charge in [0.15, 0.2) is 0 Å². The maximum atomic E-state index is 2.34. The third-order valence-electron chi connectivity index (χ3n) is 19.3. The Morgan fingerprint density at radius 3 is 0.921 bits per heavy atom. The van der Waals surface area contributed by atoms with Crippen LogP contribution in [0.25, 0.3) is 0 Å². The van der Waals surface area contributed by atoms with Crippen LogP contribution < -0.4 is 0 Å². The van der Waals surface area contributed by atoms with E-state index in [1.54, 1.807) is 5.56 Å². The summed E-state index contributed by atoms with van der Waals surface area (Å²) in [4.78, 5) is 11.5. The molecule has 89 heavy (non-hydrogen) atoms. The smallest absolute Gasteiger partial charge is 0.00800 e. The molecule has 6 aromatic rings. The first kappa shape index (κ1) is 80.2. The van der Waals surface area contributed by atoms with Crippen molar-refractivity contribution in [3.05, 3.63) is 214 Å². The third kappa shape index (κ3) is 27.1. The van der Waals surface area contributed by atoms with Gasteiger partial charge in [0.25, 0.3) is 0 Å². The summed E-state index contributed by atoms with van der Waals surface area (Å²) in [6.07, 6.45) is 16.5. The lowest BCUT2D eigenvalue weighted by atomic mass is 9.73. The van der Waals surface area contributed by atoms with E-state index in [-0.39, 0.29) is 5.41 Å². The molecule has 5 heteroatoms. The summed E-state index contributed by atoms with van der Waals surface area (Å²) in [5.74, 6) is 0. The van der Waals surface area contributed by atoms with Gasteiger partial charge >= 0.3 is 0 Å². The molecule has 1 fully saturated rings. The Morgan fingerprint density at radius 2 is 0.607 bits per heavy atom. The van der Waals surface area contributed by atoms with Gasteiger partial charge in [-0.2, -0.15) is 0 Å². The molecule has 7 rings (SSSR count). The van der Waals surface area contributed by atoms with Crippen molar-refractivity contribution in [3.8, 4) is 0 Å². The van der Waals surface area contributed by atoms with Crippen LogP contribution in [-0.4, -0.2) is 128 Å². The number of rotatable bonds is 25. The van der Waals surface area contributed by atoms with Crippen molar-refractivity contribution in [2.45, 2.75) is 213 Å². The van der Waals surface area contributed by atoms with Crippen molar-refractivity contribution in [1.82, 2.24) is 24.5 Å². The lowest BCUT2D eigenvalue weighted by Gasteiger charge is -2.37. The Hall–Kier alpha value is -4.88. The highest BCUT2D eigenvalue weighted by molar-refractivity contribution is 5.33.